The van der Waals surface area contributed by atoms with Gasteiger partial charge in [0.2, 0.25) is 5.91 Å². The topological polar surface area (TPSA) is 123 Å². The Morgan fingerprint density at radius 3 is 2.96 bits per heavy atom. The van der Waals surface area contributed by atoms with Crippen molar-refractivity contribution in [2.75, 3.05) is 12.4 Å². The number of nitrogens with zero attached hydrogens (tertiary/aromatic N) is 4. The van der Waals surface area contributed by atoms with Crippen LogP contribution in [0, 0.1) is 21.4 Å². The lowest BCUT2D eigenvalue weighted by Crippen LogP contribution is -2.14. The zero-order chi connectivity index (χ0) is 18.7. The number of aryl methyl sites for hydroxylation is 2. The Morgan fingerprint density at radius 1 is 1.54 bits per heavy atom. The number of ether oxygens (including phenoxy) is 1. The van der Waals surface area contributed by atoms with Gasteiger partial charge in [-0.15, -0.1) is 16.4 Å². The summed E-state index contributed by atoms with van der Waals surface area (Å²) in [6.07, 6.45) is 5.30. The number of aromatic nitrogens is 2. The van der Waals surface area contributed by atoms with Crippen molar-refractivity contribution in [2.45, 2.75) is 38.6 Å². The van der Waals surface area contributed by atoms with Crippen molar-refractivity contribution in [3.05, 3.63) is 32.3 Å². The zero-order valence-corrected chi connectivity index (χ0v) is 15.0. The van der Waals surface area contributed by atoms with E-state index in [4.69, 9.17) is 4.74 Å². The first-order valence-electron chi connectivity index (χ1n) is 8.13. The van der Waals surface area contributed by atoms with E-state index in [1.165, 1.54) is 34.2 Å². The third-order valence-electron chi connectivity index (χ3n) is 4.20. The van der Waals surface area contributed by atoms with Crippen molar-refractivity contribution in [3.63, 3.8) is 0 Å². The minimum Gasteiger partial charge on any atom is -0.475 e. The van der Waals surface area contributed by atoms with E-state index in [0.29, 0.717) is 10.6 Å². The summed E-state index contributed by atoms with van der Waals surface area (Å²) in [7, 11) is 1.30. The van der Waals surface area contributed by atoms with E-state index in [0.717, 1.165) is 31.2 Å². The maximum absolute atomic E-state index is 12.2. The predicted molar refractivity (Wildman–Crippen MR) is 94.4 cm³/mol. The number of hydrogen-bond acceptors (Lipinski definition) is 7. The fourth-order valence-corrected chi connectivity index (χ4v) is 4.21. The molecule has 2 aromatic heterocycles. The maximum atomic E-state index is 12.2. The van der Waals surface area contributed by atoms with Gasteiger partial charge in [-0.25, -0.2) is 0 Å². The molecule has 0 bridgehead atoms. The highest BCUT2D eigenvalue weighted by Crippen LogP contribution is 2.37. The summed E-state index contributed by atoms with van der Waals surface area (Å²) >= 11 is 1.46. The quantitative estimate of drug-likeness (QED) is 0.611. The molecular formula is C16H17N5O4S. The SMILES string of the molecule is COc1nn(CCC(=O)Nc2sc3c(c2C#N)CCCC3)cc1[N+](=O)[O-]. The van der Waals surface area contributed by atoms with Crippen molar-refractivity contribution in [3.8, 4) is 11.9 Å². The first-order chi connectivity index (χ1) is 12.5. The summed E-state index contributed by atoms with van der Waals surface area (Å²) in [5.41, 5.74) is 1.38. The zero-order valence-electron chi connectivity index (χ0n) is 14.2. The van der Waals surface area contributed by atoms with Crippen molar-refractivity contribution in [1.82, 2.24) is 9.78 Å². The number of fused-ring (bicyclic) bond motifs is 1. The van der Waals surface area contributed by atoms with Crippen LogP contribution in [0.2, 0.25) is 0 Å². The summed E-state index contributed by atoms with van der Waals surface area (Å²) < 4.78 is 6.16. The molecule has 10 heteroatoms. The van der Waals surface area contributed by atoms with Crippen LogP contribution in [0.4, 0.5) is 10.7 Å². The molecule has 0 saturated carbocycles. The van der Waals surface area contributed by atoms with Crippen LogP contribution in [0.15, 0.2) is 6.20 Å². The Hall–Kier alpha value is -2.93. The largest absolute Gasteiger partial charge is 0.475 e. The summed E-state index contributed by atoms with van der Waals surface area (Å²) in [5, 5.41) is 27.6. The molecule has 1 N–H and O–H groups in total. The summed E-state index contributed by atoms with van der Waals surface area (Å²) in [6.45, 7) is 0.170. The molecule has 136 valence electrons. The highest BCUT2D eigenvalue weighted by atomic mass is 32.1. The molecule has 2 aromatic rings. The van der Waals surface area contributed by atoms with Crippen LogP contribution in [-0.2, 0) is 24.2 Å². The van der Waals surface area contributed by atoms with Crippen LogP contribution in [0.5, 0.6) is 5.88 Å². The number of hydrogen-bond donors (Lipinski definition) is 1. The molecule has 1 aliphatic carbocycles. The van der Waals surface area contributed by atoms with Gasteiger partial charge in [0.1, 0.15) is 17.3 Å². The highest BCUT2D eigenvalue weighted by molar-refractivity contribution is 7.16. The number of carbonyl (C=O) groups is 1. The molecule has 26 heavy (non-hydrogen) atoms. The highest BCUT2D eigenvalue weighted by Gasteiger charge is 2.23. The molecule has 1 aliphatic rings. The average molecular weight is 375 g/mol. The molecule has 2 heterocycles. The second-order valence-corrected chi connectivity index (χ2v) is 6.97. The number of rotatable bonds is 6. The van der Waals surface area contributed by atoms with Crippen LogP contribution < -0.4 is 10.1 Å². The average Bonchev–Trinajstić information content (AvgIpc) is 3.20. The van der Waals surface area contributed by atoms with Gasteiger partial charge in [-0.1, -0.05) is 0 Å². The lowest BCUT2D eigenvalue weighted by atomic mass is 9.96. The standard InChI is InChI=1S/C16H17N5O4S/c1-25-15-12(21(23)24)9-20(19-15)7-6-14(22)18-16-11(8-17)10-4-2-3-5-13(10)26-16/h9H,2-7H2,1H3,(H,18,22). The first-order valence-corrected chi connectivity index (χ1v) is 8.95. The fourth-order valence-electron chi connectivity index (χ4n) is 2.96. The molecule has 0 atom stereocenters. The minimum atomic E-state index is -0.586. The van der Waals surface area contributed by atoms with E-state index in [1.807, 2.05) is 0 Å². The summed E-state index contributed by atoms with van der Waals surface area (Å²) in [4.78, 5) is 23.7. The second-order valence-electron chi connectivity index (χ2n) is 5.87. The molecule has 9 nitrogen and oxygen atoms in total. The fraction of sp³-hybridized carbons (Fsp3) is 0.438. The van der Waals surface area contributed by atoms with E-state index >= 15 is 0 Å². The molecule has 0 aliphatic heterocycles. The van der Waals surface area contributed by atoms with Crippen molar-refractivity contribution >= 4 is 27.9 Å². The van der Waals surface area contributed by atoms with E-state index in [9.17, 15) is 20.2 Å². The number of anilines is 1. The number of thiophene rings is 1. The minimum absolute atomic E-state index is 0.0788. The maximum Gasteiger partial charge on any atom is 0.350 e. The first kappa shape index (κ1) is 17.9. The van der Waals surface area contributed by atoms with E-state index < -0.39 is 4.92 Å². The number of nitriles is 1. The normalized spacial score (nSPS) is 12.9. The molecule has 0 spiro atoms. The lowest BCUT2D eigenvalue weighted by molar-refractivity contribution is -0.385. The van der Waals surface area contributed by atoms with Crippen LogP contribution in [0.3, 0.4) is 0 Å². The summed E-state index contributed by atoms with van der Waals surface area (Å²) in [6, 6.07) is 2.20. The third kappa shape index (κ3) is 3.52. The Balaban J connectivity index is 1.66. The Labute approximate surface area is 153 Å². The van der Waals surface area contributed by atoms with Crippen molar-refractivity contribution < 1.29 is 14.5 Å². The van der Waals surface area contributed by atoms with Gasteiger partial charge in [-0.3, -0.25) is 19.6 Å². The van der Waals surface area contributed by atoms with Gasteiger partial charge in [0.05, 0.1) is 24.1 Å². The number of carbonyl (C=O) groups excluding carboxylic acids is 1. The predicted octanol–water partition coefficient (Wildman–Crippen LogP) is 2.64. The van der Waals surface area contributed by atoms with Crippen LogP contribution in [-0.4, -0.2) is 27.7 Å². The van der Waals surface area contributed by atoms with E-state index in [2.05, 4.69) is 16.5 Å². The Bertz CT molecular complexity index is 895. The van der Waals surface area contributed by atoms with Crippen LogP contribution >= 0.6 is 11.3 Å². The number of nitrogens with one attached hydrogen (secondary N) is 1. The molecular weight excluding hydrogens is 358 g/mol. The van der Waals surface area contributed by atoms with Crippen LogP contribution in [0.25, 0.3) is 0 Å². The molecule has 0 aromatic carbocycles. The lowest BCUT2D eigenvalue weighted by Gasteiger charge is -2.09. The van der Waals surface area contributed by atoms with Crippen LogP contribution in [0.1, 0.15) is 35.3 Å². The van der Waals surface area contributed by atoms with Crippen molar-refractivity contribution in [1.29, 1.82) is 5.26 Å². The smallest absolute Gasteiger partial charge is 0.350 e. The van der Waals surface area contributed by atoms with Gasteiger partial charge in [0, 0.05) is 11.3 Å². The number of nitro groups is 1. The molecule has 0 radical (unpaired) electrons. The van der Waals surface area contributed by atoms with Gasteiger partial charge < -0.3 is 10.1 Å². The Kier molecular flexibility index (Phi) is 5.18. The second kappa shape index (κ2) is 7.53. The molecule has 1 amide bonds. The molecule has 0 unspecified atom stereocenters. The monoisotopic (exact) mass is 375 g/mol. The summed E-state index contributed by atoms with van der Waals surface area (Å²) in [5.74, 6) is -0.356. The van der Waals surface area contributed by atoms with Gasteiger partial charge in [0.15, 0.2) is 0 Å². The van der Waals surface area contributed by atoms with Gasteiger partial charge in [-0.05, 0) is 31.2 Å². The van der Waals surface area contributed by atoms with Gasteiger partial charge >= 0.3 is 11.6 Å². The molecule has 3 rings (SSSR count). The van der Waals surface area contributed by atoms with Crippen molar-refractivity contribution in [2.24, 2.45) is 0 Å². The number of amides is 1. The number of methoxy groups -OCH3 is 1. The third-order valence-corrected chi connectivity index (χ3v) is 5.41. The molecule has 0 fully saturated rings. The van der Waals surface area contributed by atoms with Gasteiger partial charge in [0.25, 0.3) is 0 Å². The molecule has 0 saturated heterocycles. The van der Waals surface area contributed by atoms with E-state index in [-0.39, 0.29) is 30.4 Å². The van der Waals surface area contributed by atoms with Gasteiger partial charge in [-0.2, -0.15) is 5.26 Å². The van der Waals surface area contributed by atoms with E-state index in [1.54, 1.807) is 0 Å². The Morgan fingerprint density at radius 2 is 2.31 bits per heavy atom.